The summed E-state index contributed by atoms with van der Waals surface area (Å²) in [5.41, 5.74) is -2.09. The lowest BCUT2D eigenvalue weighted by molar-refractivity contribution is -0.0909. The van der Waals surface area contributed by atoms with E-state index in [-0.39, 0.29) is 44.3 Å². The van der Waals surface area contributed by atoms with E-state index in [1.807, 2.05) is 0 Å². The molecule has 0 bridgehead atoms. The van der Waals surface area contributed by atoms with E-state index >= 15 is 9.13 Å². The Bertz CT molecular complexity index is 1160. The van der Waals surface area contributed by atoms with Gasteiger partial charge in [-0.1, -0.05) is 0 Å². The van der Waals surface area contributed by atoms with Crippen LogP contribution >= 0.6 is 15.6 Å². The van der Waals surface area contributed by atoms with E-state index in [2.05, 4.69) is 159 Å². The van der Waals surface area contributed by atoms with Gasteiger partial charge in [0.25, 0.3) is 0 Å². The highest BCUT2D eigenvalue weighted by Crippen LogP contribution is 2.70. The van der Waals surface area contributed by atoms with Crippen LogP contribution in [0.5, 0.6) is 0 Å². The molecular formula is C40H80N4O7P2. The zero-order valence-corrected chi connectivity index (χ0v) is 39.3. The van der Waals surface area contributed by atoms with Gasteiger partial charge in [-0.25, -0.2) is 9.13 Å². The smallest absolute Gasteiger partial charge is 0.296 e. The van der Waals surface area contributed by atoms with Crippen molar-refractivity contribution in [3.63, 3.8) is 0 Å². The van der Waals surface area contributed by atoms with Crippen LogP contribution in [-0.2, 0) is 31.5 Å². The maximum atomic E-state index is 15.6. The van der Waals surface area contributed by atoms with Gasteiger partial charge < -0.3 is 0 Å². The molecular weight excluding hydrogens is 710 g/mol. The van der Waals surface area contributed by atoms with Gasteiger partial charge >= 0.3 is 15.6 Å². The van der Waals surface area contributed by atoms with E-state index in [4.69, 9.17) is 22.4 Å². The maximum absolute atomic E-state index is 15.6. The van der Waals surface area contributed by atoms with Crippen molar-refractivity contribution in [3.05, 3.63) is 0 Å². The van der Waals surface area contributed by atoms with Crippen molar-refractivity contribution in [1.82, 2.24) is 19.6 Å². The number of hydrogen-bond acceptors (Lipinski definition) is 11. The first-order chi connectivity index (χ1) is 23.5. The number of hydrogen-bond donors (Lipinski definition) is 0. The quantitative estimate of drug-likeness (QED) is 0.198. The molecule has 0 saturated carbocycles. The Kier molecular flexibility index (Phi) is 12.5. The lowest BCUT2D eigenvalue weighted by atomic mass is 9.79. The van der Waals surface area contributed by atoms with Crippen molar-refractivity contribution in [1.29, 1.82) is 0 Å². The summed E-state index contributed by atoms with van der Waals surface area (Å²) in [5, 5.41) is 0. The summed E-state index contributed by atoms with van der Waals surface area (Å²) in [4.78, 5) is 9.38. The Balaban J connectivity index is 1.78. The molecule has 0 amide bonds. The lowest BCUT2D eigenvalue weighted by Crippen LogP contribution is -2.60. The second-order valence-electron chi connectivity index (χ2n) is 22.3. The van der Waals surface area contributed by atoms with Crippen LogP contribution in [0.15, 0.2) is 0 Å². The first kappa shape index (κ1) is 45.8. The first-order valence-corrected chi connectivity index (χ1v) is 23.0. The number of phosphoric ester groups is 2. The van der Waals surface area contributed by atoms with Gasteiger partial charge in [0.2, 0.25) is 0 Å². The van der Waals surface area contributed by atoms with Crippen molar-refractivity contribution in [2.24, 2.45) is 0 Å². The van der Waals surface area contributed by atoms with E-state index in [1.54, 1.807) is 0 Å². The molecule has 4 aliphatic rings. The Morgan fingerprint density at radius 1 is 0.340 bits per heavy atom. The Labute approximate surface area is 325 Å². The van der Waals surface area contributed by atoms with Crippen LogP contribution in [0.25, 0.3) is 0 Å². The molecule has 13 heteroatoms. The average molecular weight is 791 g/mol. The molecule has 53 heavy (non-hydrogen) atoms. The van der Waals surface area contributed by atoms with Crippen LogP contribution in [-0.4, -0.2) is 117 Å². The second-order valence-corrected chi connectivity index (χ2v) is 25.5. The third-order valence-electron chi connectivity index (χ3n) is 14.4. The Morgan fingerprint density at radius 3 is 0.604 bits per heavy atom. The van der Waals surface area contributed by atoms with Crippen molar-refractivity contribution in [2.45, 2.75) is 231 Å². The van der Waals surface area contributed by atoms with Crippen LogP contribution in [0.3, 0.4) is 0 Å². The third-order valence-corrected chi connectivity index (χ3v) is 18.2. The fourth-order valence-electron chi connectivity index (χ4n) is 10.4. The number of phosphoric acid groups is 2. The Hall–Kier alpha value is 0.1000. The molecule has 0 radical (unpaired) electrons. The molecule has 0 spiro atoms. The topological polar surface area (TPSA) is 93.2 Å². The fraction of sp³-hybridized carbons (Fsp3) is 1.00. The summed E-state index contributed by atoms with van der Waals surface area (Å²) in [6.45, 7) is 34.7. The predicted octanol–water partition coefficient (Wildman–Crippen LogP) is 9.89. The average Bonchev–Trinajstić information content (AvgIpc) is 2.90. The molecule has 0 atom stereocenters. The monoisotopic (exact) mass is 791 g/mol. The lowest BCUT2D eigenvalue weighted by Gasteiger charge is -2.55. The molecule has 0 unspecified atom stereocenters. The molecule has 0 N–H and O–H groups in total. The standard InChI is InChI=1S/C40H80N4O7P2/c1-33(2)21-29(22-34(3,4)41(33)17)47-52(45,48-30-23-35(5,6)42(18)36(7,8)24-30)51-53(46,49-31-25-37(9,10)43(19)38(11,12)26-31)50-32-27-39(13,14)44(20)40(15,16)28-32/h29-32H,21-28H2,1-20H3. The molecule has 0 aromatic carbocycles. The van der Waals surface area contributed by atoms with E-state index in [1.165, 1.54) is 0 Å². The van der Waals surface area contributed by atoms with Gasteiger partial charge in [0.15, 0.2) is 0 Å². The van der Waals surface area contributed by atoms with Gasteiger partial charge in [0, 0.05) is 44.3 Å². The summed E-state index contributed by atoms with van der Waals surface area (Å²) < 4.78 is 64.3. The Morgan fingerprint density at radius 2 is 0.472 bits per heavy atom. The molecule has 312 valence electrons. The highest BCUT2D eigenvalue weighted by molar-refractivity contribution is 7.62. The van der Waals surface area contributed by atoms with Crippen LogP contribution < -0.4 is 0 Å². The van der Waals surface area contributed by atoms with E-state index in [0.717, 1.165) is 0 Å². The summed E-state index contributed by atoms with van der Waals surface area (Å²) in [6.07, 6.45) is 2.81. The second kappa shape index (κ2) is 14.4. The zero-order chi connectivity index (χ0) is 40.8. The SMILES string of the molecule is CN1C(C)(C)CC(OP(=O)(OC2CC(C)(C)N(C)C(C)(C)C2)OP(=O)(OC2CC(C)(C)N(C)C(C)(C)C2)OC2CC(C)(C)N(C)C(C)(C)C2)CC1(C)C. The summed E-state index contributed by atoms with van der Waals surface area (Å²) in [7, 11) is -0.718. The number of nitrogens with zero attached hydrogens (tertiary/aromatic N) is 4. The zero-order valence-electron chi connectivity index (χ0n) is 37.5. The summed E-state index contributed by atoms with van der Waals surface area (Å²) in [5.74, 6) is 0. The highest BCUT2D eigenvalue weighted by Gasteiger charge is 2.55. The van der Waals surface area contributed by atoms with Crippen LogP contribution in [0, 0.1) is 0 Å². The molecule has 0 aromatic heterocycles. The summed E-state index contributed by atoms with van der Waals surface area (Å²) in [6, 6.07) is 0. The molecule has 4 aliphatic heterocycles. The molecule has 4 heterocycles. The minimum Gasteiger partial charge on any atom is -0.296 e. The number of piperidine rings is 4. The first-order valence-electron chi connectivity index (χ1n) is 20.1. The number of likely N-dealkylation sites (tertiary alicyclic amines) is 4. The largest absolute Gasteiger partial charge is 0.484 e. The van der Waals surface area contributed by atoms with Gasteiger partial charge in [0.1, 0.15) is 0 Å². The fourth-order valence-corrected chi connectivity index (χ4v) is 14.1. The maximum Gasteiger partial charge on any atom is 0.484 e. The predicted molar refractivity (Wildman–Crippen MR) is 216 cm³/mol. The van der Waals surface area contributed by atoms with E-state index < -0.39 is 40.1 Å². The normalized spacial score (nSPS) is 30.4. The molecule has 4 rings (SSSR count). The molecule has 4 saturated heterocycles. The van der Waals surface area contributed by atoms with E-state index in [9.17, 15) is 0 Å². The van der Waals surface area contributed by atoms with Crippen LogP contribution in [0.2, 0.25) is 0 Å². The van der Waals surface area contributed by atoms with Crippen LogP contribution in [0.1, 0.15) is 162 Å². The van der Waals surface area contributed by atoms with Gasteiger partial charge in [0.05, 0.1) is 24.4 Å². The third kappa shape index (κ3) is 10.0. The van der Waals surface area contributed by atoms with Crippen molar-refractivity contribution < 1.29 is 31.5 Å². The molecule has 0 aromatic rings. The van der Waals surface area contributed by atoms with Crippen molar-refractivity contribution in [3.8, 4) is 0 Å². The summed E-state index contributed by atoms with van der Waals surface area (Å²) >= 11 is 0. The van der Waals surface area contributed by atoms with Crippen molar-refractivity contribution in [2.75, 3.05) is 28.2 Å². The number of rotatable bonds is 10. The van der Waals surface area contributed by atoms with Gasteiger partial charge in [-0.15, -0.1) is 0 Å². The van der Waals surface area contributed by atoms with Gasteiger partial charge in [-0.3, -0.25) is 37.7 Å². The van der Waals surface area contributed by atoms with Crippen molar-refractivity contribution >= 4 is 15.6 Å². The molecule has 11 nitrogen and oxygen atoms in total. The minimum absolute atomic E-state index is 0.262. The van der Waals surface area contributed by atoms with Gasteiger partial charge in [-0.05, 0) is 190 Å². The van der Waals surface area contributed by atoms with E-state index in [0.29, 0.717) is 51.4 Å². The van der Waals surface area contributed by atoms with Crippen LogP contribution in [0.4, 0.5) is 0 Å². The van der Waals surface area contributed by atoms with Gasteiger partial charge in [-0.2, -0.15) is 4.31 Å². The minimum atomic E-state index is -4.60. The highest BCUT2D eigenvalue weighted by atomic mass is 31.3. The molecule has 0 aliphatic carbocycles. The molecule has 4 fully saturated rings.